The van der Waals surface area contributed by atoms with E-state index in [9.17, 15) is 4.79 Å². The van der Waals surface area contributed by atoms with Crippen LogP contribution in [0.2, 0.25) is 0 Å². The largest absolute Gasteiger partial charge is 0.354 e. The standard InChI is InChI=1S/C17H22BrN3OS/c1-3-21(4-2)9-8-19-16(22)11-15-12-23-17(20-15)13-6-5-7-14(18)10-13/h5-7,10,12H,3-4,8-9,11H2,1-2H3,(H,19,22). The normalized spacial score (nSPS) is 11.0. The van der Waals surface area contributed by atoms with Gasteiger partial charge in [0, 0.05) is 28.5 Å². The second-order valence-corrected chi connectivity index (χ2v) is 6.98. The third kappa shape index (κ3) is 5.71. The molecule has 1 N–H and O–H groups in total. The number of rotatable bonds is 8. The van der Waals surface area contributed by atoms with Gasteiger partial charge in [0.1, 0.15) is 5.01 Å². The number of halogens is 1. The van der Waals surface area contributed by atoms with Crippen molar-refractivity contribution in [2.45, 2.75) is 20.3 Å². The summed E-state index contributed by atoms with van der Waals surface area (Å²) in [5.41, 5.74) is 1.89. The predicted molar refractivity (Wildman–Crippen MR) is 99.8 cm³/mol. The zero-order chi connectivity index (χ0) is 16.7. The summed E-state index contributed by atoms with van der Waals surface area (Å²) in [7, 11) is 0. The number of likely N-dealkylation sites (N-methyl/N-ethyl adjacent to an activating group) is 1. The Labute approximate surface area is 150 Å². The molecule has 0 radical (unpaired) electrons. The molecule has 23 heavy (non-hydrogen) atoms. The van der Waals surface area contributed by atoms with Gasteiger partial charge in [0.2, 0.25) is 5.91 Å². The monoisotopic (exact) mass is 395 g/mol. The van der Waals surface area contributed by atoms with Crippen molar-refractivity contribution in [3.8, 4) is 10.6 Å². The molecule has 0 atom stereocenters. The third-order valence-electron chi connectivity index (χ3n) is 3.61. The van der Waals surface area contributed by atoms with E-state index in [0.29, 0.717) is 13.0 Å². The van der Waals surface area contributed by atoms with Crippen molar-refractivity contribution in [3.05, 3.63) is 39.8 Å². The summed E-state index contributed by atoms with van der Waals surface area (Å²) in [4.78, 5) is 18.8. The van der Waals surface area contributed by atoms with Crippen LogP contribution in [0.5, 0.6) is 0 Å². The maximum absolute atomic E-state index is 12.0. The number of carbonyl (C=O) groups is 1. The maximum atomic E-state index is 12.0. The van der Waals surface area contributed by atoms with E-state index in [4.69, 9.17) is 0 Å². The Hall–Kier alpha value is -1.24. The van der Waals surface area contributed by atoms with Gasteiger partial charge < -0.3 is 10.2 Å². The van der Waals surface area contributed by atoms with E-state index in [1.165, 1.54) is 0 Å². The summed E-state index contributed by atoms with van der Waals surface area (Å²) < 4.78 is 1.03. The molecule has 0 bridgehead atoms. The quantitative estimate of drug-likeness (QED) is 0.742. The van der Waals surface area contributed by atoms with Crippen LogP contribution in [0.3, 0.4) is 0 Å². The lowest BCUT2D eigenvalue weighted by molar-refractivity contribution is -0.120. The predicted octanol–water partition coefficient (Wildman–Crippen LogP) is 3.57. The highest BCUT2D eigenvalue weighted by Crippen LogP contribution is 2.26. The summed E-state index contributed by atoms with van der Waals surface area (Å²) in [5, 5.41) is 5.87. The average molecular weight is 396 g/mol. The molecule has 0 unspecified atom stereocenters. The van der Waals surface area contributed by atoms with Crippen molar-refractivity contribution < 1.29 is 4.79 Å². The van der Waals surface area contributed by atoms with E-state index >= 15 is 0 Å². The van der Waals surface area contributed by atoms with Gasteiger partial charge in [0.25, 0.3) is 0 Å². The van der Waals surface area contributed by atoms with Gasteiger partial charge in [0.15, 0.2) is 0 Å². The van der Waals surface area contributed by atoms with E-state index < -0.39 is 0 Å². The summed E-state index contributed by atoms with van der Waals surface area (Å²) >= 11 is 5.04. The smallest absolute Gasteiger partial charge is 0.226 e. The van der Waals surface area contributed by atoms with Crippen molar-refractivity contribution in [1.29, 1.82) is 0 Å². The molecule has 0 saturated carbocycles. The molecule has 6 heteroatoms. The Morgan fingerprint density at radius 3 is 2.83 bits per heavy atom. The van der Waals surface area contributed by atoms with Gasteiger partial charge in [-0.1, -0.05) is 41.9 Å². The van der Waals surface area contributed by atoms with Gasteiger partial charge in [-0.05, 0) is 25.2 Å². The lowest BCUT2D eigenvalue weighted by atomic mass is 10.2. The highest BCUT2D eigenvalue weighted by Gasteiger charge is 2.09. The molecule has 0 aliphatic rings. The van der Waals surface area contributed by atoms with Gasteiger partial charge in [-0.15, -0.1) is 11.3 Å². The molecule has 2 aromatic rings. The number of thiazole rings is 1. The van der Waals surface area contributed by atoms with E-state index in [-0.39, 0.29) is 5.91 Å². The van der Waals surface area contributed by atoms with Gasteiger partial charge >= 0.3 is 0 Å². The number of aromatic nitrogens is 1. The zero-order valence-corrected chi connectivity index (χ0v) is 15.9. The van der Waals surface area contributed by atoms with Crippen LogP contribution in [0.15, 0.2) is 34.1 Å². The van der Waals surface area contributed by atoms with Crippen molar-refractivity contribution in [2.75, 3.05) is 26.2 Å². The number of carbonyl (C=O) groups excluding carboxylic acids is 1. The van der Waals surface area contributed by atoms with Crippen LogP contribution in [0.4, 0.5) is 0 Å². The average Bonchev–Trinajstić information content (AvgIpc) is 3.00. The molecular formula is C17H22BrN3OS. The fraction of sp³-hybridized carbons (Fsp3) is 0.412. The first kappa shape index (κ1) is 18.1. The molecular weight excluding hydrogens is 374 g/mol. The number of nitrogens with one attached hydrogen (secondary N) is 1. The molecule has 0 spiro atoms. The molecule has 0 aliphatic carbocycles. The molecule has 0 fully saturated rings. The summed E-state index contributed by atoms with van der Waals surface area (Å²) in [6.45, 7) is 7.85. The van der Waals surface area contributed by atoms with E-state index in [1.807, 2.05) is 29.6 Å². The lowest BCUT2D eigenvalue weighted by Gasteiger charge is -2.17. The first-order valence-corrected chi connectivity index (χ1v) is 9.49. The number of hydrogen-bond acceptors (Lipinski definition) is 4. The number of benzene rings is 1. The first-order valence-electron chi connectivity index (χ1n) is 7.81. The van der Waals surface area contributed by atoms with Crippen molar-refractivity contribution >= 4 is 33.2 Å². The highest BCUT2D eigenvalue weighted by atomic mass is 79.9. The minimum absolute atomic E-state index is 0.0308. The van der Waals surface area contributed by atoms with E-state index in [0.717, 1.165) is 40.4 Å². The van der Waals surface area contributed by atoms with Crippen LogP contribution in [-0.2, 0) is 11.2 Å². The third-order valence-corrected chi connectivity index (χ3v) is 5.04. The summed E-state index contributed by atoms with van der Waals surface area (Å²) in [6.07, 6.45) is 0.336. The molecule has 0 saturated heterocycles. The molecule has 1 heterocycles. The summed E-state index contributed by atoms with van der Waals surface area (Å²) in [6, 6.07) is 8.03. The van der Waals surface area contributed by atoms with Crippen LogP contribution in [0.1, 0.15) is 19.5 Å². The van der Waals surface area contributed by atoms with Gasteiger partial charge in [-0.3, -0.25) is 4.79 Å². The fourth-order valence-electron chi connectivity index (χ4n) is 2.26. The Bertz CT molecular complexity index is 640. The van der Waals surface area contributed by atoms with E-state index in [2.05, 4.69) is 45.0 Å². The van der Waals surface area contributed by atoms with Gasteiger partial charge in [0.05, 0.1) is 12.1 Å². The van der Waals surface area contributed by atoms with Crippen molar-refractivity contribution in [2.24, 2.45) is 0 Å². The van der Waals surface area contributed by atoms with Crippen LogP contribution < -0.4 is 5.32 Å². The molecule has 1 aromatic carbocycles. The summed E-state index contributed by atoms with van der Waals surface area (Å²) in [5.74, 6) is 0.0308. The molecule has 124 valence electrons. The maximum Gasteiger partial charge on any atom is 0.226 e. The fourth-order valence-corrected chi connectivity index (χ4v) is 3.48. The highest BCUT2D eigenvalue weighted by molar-refractivity contribution is 9.10. The lowest BCUT2D eigenvalue weighted by Crippen LogP contribution is -2.35. The van der Waals surface area contributed by atoms with Crippen LogP contribution in [-0.4, -0.2) is 42.0 Å². The number of nitrogens with zero attached hydrogens (tertiary/aromatic N) is 2. The SMILES string of the molecule is CCN(CC)CCNC(=O)Cc1csc(-c2cccc(Br)c2)n1. The topological polar surface area (TPSA) is 45.2 Å². The van der Waals surface area contributed by atoms with Gasteiger partial charge in [-0.2, -0.15) is 0 Å². The Kier molecular flexibility index (Phi) is 7.20. The first-order chi connectivity index (χ1) is 11.1. The molecule has 4 nitrogen and oxygen atoms in total. The van der Waals surface area contributed by atoms with Crippen LogP contribution in [0.25, 0.3) is 10.6 Å². The zero-order valence-electron chi connectivity index (χ0n) is 13.5. The Morgan fingerprint density at radius 1 is 1.35 bits per heavy atom. The second-order valence-electron chi connectivity index (χ2n) is 5.21. The van der Waals surface area contributed by atoms with Crippen LogP contribution >= 0.6 is 27.3 Å². The number of amides is 1. The Morgan fingerprint density at radius 2 is 2.13 bits per heavy atom. The minimum Gasteiger partial charge on any atom is -0.354 e. The Balaban J connectivity index is 1.85. The van der Waals surface area contributed by atoms with Crippen molar-refractivity contribution in [1.82, 2.24) is 15.2 Å². The van der Waals surface area contributed by atoms with Crippen LogP contribution in [0, 0.1) is 0 Å². The number of hydrogen-bond donors (Lipinski definition) is 1. The molecule has 1 aromatic heterocycles. The second kappa shape index (κ2) is 9.15. The minimum atomic E-state index is 0.0308. The molecule has 0 aliphatic heterocycles. The van der Waals surface area contributed by atoms with E-state index in [1.54, 1.807) is 11.3 Å². The van der Waals surface area contributed by atoms with Crippen molar-refractivity contribution in [3.63, 3.8) is 0 Å². The molecule has 2 rings (SSSR count). The van der Waals surface area contributed by atoms with Gasteiger partial charge in [-0.25, -0.2) is 4.98 Å². The molecule has 1 amide bonds.